The van der Waals surface area contributed by atoms with E-state index in [2.05, 4.69) is 53.8 Å². The molecule has 0 saturated carbocycles. The smallest absolute Gasteiger partial charge is 0.135 e. The Bertz CT molecular complexity index is 495. The number of nitrogens with zero attached hydrogens (tertiary/aromatic N) is 2. The Labute approximate surface area is 137 Å². The average molecular weight is 404 g/mol. The third kappa shape index (κ3) is 2.85. The molecule has 0 aromatic heterocycles. The number of halogens is 2. The largest absolute Gasteiger partial charge is 0.495 e. The van der Waals surface area contributed by atoms with Gasteiger partial charge in [0, 0.05) is 36.2 Å². The van der Waals surface area contributed by atoms with Gasteiger partial charge in [-0.2, -0.15) is 0 Å². The van der Waals surface area contributed by atoms with Crippen LogP contribution in [0.3, 0.4) is 0 Å². The summed E-state index contributed by atoms with van der Waals surface area (Å²) in [6.45, 7) is 4.77. The van der Waals surface area contributed by atoms with Gasteiger partial charge in [0.25, 0.3) is 0 Å². The lowest BCUT2D eigenvalue weighted by Gasteiger charge is -2.28. The molecule has 20 heavy (non-hydrogen) atoms. The molecule has 110 valence electrons. The Hall–Kier alpha value is -0.260. The number of fused-ring (bicyclic) bond motifs is 1. The molecule has 2 fully saturated rings. The first-order valence-electron chi connectivity index (χ1n) is 7.21. The minimum atomic E-state index is 0.721. The van der Waals surface area contributed by atoms with E-state index < -0.39 is 0 Å². The van der Waals surface area contributed by atoms with E-state index in [4.69, 9.17) is 4.74 Å². The highest BCUT2D eigenvalue weighted by atomic mass is 79.9. The lowest BCUT2D eigenvalue weighted by atomic mass is 10.2. The zero-order chi connectivity index (χ0) is 14.1. The second-order valence-corrected chi connectivity index (χ2v) is 7.28. The van der Waals surface area contributed by atoms with Crippen LogP contribution in [-0.2, 0) is 0 Å². The summed E-state index contributed by atoms with van der Waals surface area (Å²) in [5, 5.41) is 0. The third-order valence-corrected chi connectivity index (χ3v) is 5.62. The van der Waals surface area contributed by atoms with Crippen LogP contribution in [0.15, 0.2) is 21.1 Å². The third-order valence-electron chi connectivity index (χ3n) is 4.37. The van der Waals surface area contributed by atoms with Crippen LogP contribution in [0.4, 0.5) is 5.69 Å². The Balaban J connectivity index is 1.87. The maximum atomic E-state index is 5.44. The zero-order valence-electron chi connectivity index (χ0n) is 11.7. The molecule has 1 aromatic rings. The van der Waals surface area contributed by atoms with E-state index in [1.54, 1.807) is 7.11 Å². The predicted octanol–water partition coefficient (Wildman–Crippen LogP) is 3.89. The van der Waals surface area contributed by atoms with Crippen LogP contribution in [0.25, 0.3) is 0 Å². The maximum absolute atomic E-state index is 5.44. The number of benzene rings is 1. The highest BCUT2D eigenvalue weighted by Gasteiger charge is 2.29. The summed E-state index contributed by atoms with van der Waals surface area (Å²) in [4.78, 5) is 5.17. The van der Waals surface area contributed by atoms with Gasteiger partial charge in [-0.25, -0.2) is 0 Å². The van der Waals surface area contributed by atoms with Gasteiger partial charge in [0.05, 0.1) is 17.3 Å². The van der Waals surface area contributed by atoms with Crippen LogP contribution in [-0.4, -0.2) is 44.2 Å². The molecule has 3 nitrogen and oxygen atoms in total. The predicted molar refractivity (Wildman–Crippen MR) is 89.8 cm³/mol. The summed E-state index contributed by atoms with van der Waals surface area (Å²) < 4.78 is 7.57. The molecule has 0 amide bonds. The van der Waals surface area contributed by atoms with Crippen molar-refractivity contribution in [2.75, 3.05) is 38.2 Å². The van der Waals surface area contributed by atoms with E-state index in [0.717, 1.165) is 33.8 Å². The van der Waals surface area contributed by atoms with Crippen molar-refractivity contribution in [3.8, 4) is 5.75 Å². The van der Waals surface area contributed by atoms with Crippen LogP contribution in [0.1, 0.15) is 19.3 Å². The Morgan fingerprint density at radius 3 is 2.70 bits per heavy atom. The first-order chi connectivity index (χ1) is 9.69. The van der Waals surface area contributed by atoms with Crippen LogP contribution >= 0.6 is 31.9 Å². The van der Waals surface area contributed by atoms with Gasteiger partial charge >= 0.3 is 0 Å². The van der Waals surface area contributed by atoms with E-state index in [0.29, 0.717) is 0 Å². The molecule has 0 spiro atoms. The van der Waals surface area contributed by atoms with Crippen molar-refractivity contribution in [3.05, 3.63) is 21.1 Å². The van der Waals surface area contributed by atoms with Gasteiger partial charge in [-0.1, -0.05) is 0 Å². The SMILES string of the molecule is COc1cc(N2CCCN3CCCC3C2)c(Br)cc1Br. The summed E-state index contributed by atoms with van der Waals surface area (Å²) in [6.07, 6.45) is 3.92. The van der Waals surface area contributed by atoms with Crippen molar-refractivity contribution in [2.45, 2.75) is 25.3 Å². The van der Waals surface area contributed by atoms with Crippen molar-refractivity contribution in [3.63, 3.8) is 0 Å². The highest BCUT2D eigenvalue weighted by Crippen LogP contribution is 2.37. The Kier molecular flexibility index (Phi) is 4.58. The number of anilines is 1. The summed E-state index contributed by atoms with van der Waals surface area (Å²) in [7, 11) is 1.72. The lowest BCUT2D eigenvalue weighted by molar-refractivity contribution is 0.273. The zero-order valence-corrected chi connectivity index (χ0v) is 14.9. The monoisotopic (exact) mass is 402 g/mol. The van der Waals surface area contributed by atoms with Gasteiger partial charge in [0.1, 0.15) is 5.75 Å². The van der Waals surface area contributed by atoms with Crippen molar-refractivity contribution < 1.29 is 4.74 Å². The molecule has 0 aliphatic carbocycles. The molecule has 0 radical (unpaired) electrons. The van der Waals surface area contributed by atoms with E-state index in [1.807, 2.05) is 0 Å². The van der Waals surface area contributed by atoms with E-state index in [9.17, 15) is 0 Å². The van der Waals surface area contributed by atoms with Crippen molar-refractivity contribution >= 4 is 37.5 Å². The second kappa shape index (κ2) is 6.24. The van der Waals surface area contributed by atoms with Gasteiger partial charge in [-0.05, 0) is 63.7 Å². The fourth-order valence-corrected chi connectivity index (χ4v) is 4.75. The fourth-order valence-electron chi connectivity index (χ4n) is 3.34. The molecule has 0 bridgehead atoms. The molecule has 1 aromatic carbocycles. The highest BCUT2D eigenvalue weighted by molar-refractivity contribution is 9.11. The molecule has 2 aliphatic heterocycles. The van der Waals surface area contributed by atoms with Crippen molar-refractivity contribution in [2.24, 2.45) is 0 Å². The quantitative estimate of drug-likeness (QED) is 0.744. The number of ether oxygens (including phenoxy) is 1. The lowest BCUT2D eigenvalue weighted by Crippen LogP contribution is -2.36. The van der Waals surface area contributed by atoms with Gasteiger partial charge in [-0.3, -0.25) is 4.90 Å². The first kappa shape index (κ1) is 14.7. The Morgan fingerprint density at radius 2 is 1.90 bits per heavy atom. The number of rotatable bonds is 2. The van der Waals surface area contributed by atoms with E-state index >= 15 is 0 Å². The second-order valence-electron chi connectivity index (χ2n) is 5.57. The topological polar surface area (TPSA) is 15.7 Å². The van der Waals surface area contributed by atoms with Crippen LogP contribution in [0.5, 0.6) is 5.75 Å². The van der Waals surface area contributed by atoms with Gasteiger partial charge < -0.3 is 9.64 Å². The normalized spacial score (nSPS) is 23.6. The molecular weight excluding hydrogens is 384 g/mol. The molecule has 5 heteroatoms. The fraction of sp³-hybridized carbons (Fsp3) is 0.600. The van der Waals surface area contributed by atoms with Gasteiger partial charge in [0.2, 0.25) is 0 Å². The molecule has 0 N–H and O–H groups in total. The minimum absolute atomic E-state index is 0.721. The standard InChI is InChI=1S/C15H20Br2N2O/c1-20-15-9-14(12(16)8-13(15)17)19-7-3-6-18-5-2-4-11(18)10-19/h8-9,11H,2-7,10H2,1H3. The molecule has 1 unspecified atom stereocenters. The van der Waals surface area contributed by atoms with Gasteiger partial charge in [-0.15, -0.1) is 0 Å². The number of methoxy groups -OCH3 is 1. The molecule has 1 atom stereocenters. The Morgan fingerprint density at radius 1 is 1.10 bits per heavy atom. The average Bonchev–Trinajstić information content (AvgIpc) is 2.77. The van der Waals surface area contributed by atoms with E-state index in [-0.39, 0.29) is 0 Å². The molecule has 2 saturated heterocycles. The summed E-state index contributed by atoms with van der Waals surface area (Å²) in [5.41, 5.74) is 1.25. The molecule has 3 rings (SSSR count). The maximum Gasteiger partial charge on any atom is 0.135 e. The number of hydrogen-bond acceptors (Lipinski definition) is 3. The summed E-state index contributed by atoms with van der Waals surface area (Å²) in [6, 6.07) is 4.95. The summed E-state index contributed by atoms with van der Waals surface area (Å²) >= 11 is 7.25. The molecule has 2 aliphatic rings. The number of hydrogen-bond donors (Lipinski definition) is 0. The summed E-state index contributed by atoms with van der Waals surface area (Å²) in [5.74, 6) is 0.899. The van der Waals surface area contributed by atoms with Crippen molar-refractivity contribution in [1.82, 2.24) is 4.90 Å². The van der Waals surface area contributed by atoms with Crippen LogP contribution in [0, 0.1) is 0 Å². The minimum Gasteiger partial charge on any atom is -0.495 e. The van der Waals surface area contributed by atoms with Crippen LogP contribution < -0.4 is 9.64 Å². The van der Waals surface area contributed by atoms with Crippen LogP contribution in [0.2, 0.25) is 0 Å². The van der Waals surface area contributed by atoms with Gasteiger partial charge in [0.15, 0.2) is 0 Å². The molecular formula is C15H20Br2N2O. The first-order valence-corrected chi connectivity index (χ1v) is 8.79. The van der Waals surface area contributed by atoms with Crippen molar-refractivity contribution in [1.29, 1.82) is 0 Å². The molecule has 2 heterocycles. The van der Waals surface area contributed by atoms with E-state index in [1.165, 1.54) is 38.0 Å².